The number of carbonyl (C=O) groups excluding carboxylic acids is 1. The van der Waals surface area contributed by atoms with Crippen molar-refractivity contribution in [3.05, 3.63) is 49.1 Å². The lowest BCUT2D eigenvalue weighted by Crippen LogP contribution is -2.29. The molecular weight excluding hydrogens is 386 g/mol. The summed E-state index contributed by atoms with van der Waals surface area (Å²) in [5.74, 6) is 0.465. The third-order valence-electron chi connectivity index (χ3n) is 4.72. The van der Waals surface area contributed by atoms with Crippen LogP contribution in [0.1, 0.15) is 19.3 Å². The molecule has 2 amide bonds. The van der Waals surface area contributed by atoms with Gasteiger partial charge in [0.15, 0.2) is 0 Å². The van der Waals surface area contributed by atoms with Crippen LogP contribution >= 0.6 is 11.8 Å². The smallest absolute Gasteiger partial charge is 0.323 e. The number of anilines is 3. The van der Waals surface area contributed by atoms with E-state index in [1.807, 2.05) is 42.9 Å². The van der Waals surface area contributed by atoms with Crippen LogP contribution in [0.3, 0.4) is 0 Å². The Labute approximate surface area is 173 Å². The minimum atomic E-state index is -0.329. The molecule has 1 aliphatic heterocycles. The first-order valence-corrected chi connectivity index (χ1v) is 10.8. The van der Waals surface area contributed by atoms with Gasteiger partial charge in [-0.25, -0.2) is 19.4 Å². The van der Waals surface area contributed by atoms with Gasteiger partial charge in [0.05, 0.1) is 36.2 Å². The highest BCUT2D eigenvalue weighted by Crippen LogP contribution is 2.20. The number of nitrogens with one attached hydrogen (secondary N) is 2. The number of carbonyl (C=O) groups is 1. The molecule has 2 aromatic heterocycles. The van der Waals surface area contributed by atoms with Gasteiger partial charge in [0.1, 0.15) is 0 Å². The molecule has 4 rings (SSSR count). The molecule has 0 unspecified atom stereocenters. The standard InChI is InChI=1S/C20H23N7OS/c1-29-18-7-5-6-15(10-18)24-20(28)25-16-11-23-27(14-16)19-21-12-17(13-22-19)26-8-3-2-4-9-26/h5-7,10-14H,2-4,8-9H2,1H3,(H2,24,25,28). The van der Waals surface area contributed by atoms with Crippen LogP contribution in [-0.2, 0) is 0 Å². The number of rotatable bonds is 5. The van der Waals surface area contributed by atoms with Crippen molar-refractivity contribution in [2.75, 3.05) is 34.9 Å². The SMILES string of the molecule is CSc1cccc(NC(=O)Nc2cnn(-c3ncc(N4CCCCC4)cn3)c2)c1. The lowest BCUT2D eigenvalue weighted by molar-refractivity contribution is 0.262. The molecule has 8 nitrogen and oxygen atoms in total. The second kappa shape index (κ2) is 8.95. The van der Waals surface area contributed by atoms with Crippen LogP contribution in [0.15, 0.2) is 53.9 Å². The Morgan fingerprint density at radius 1 is 1.03 bits per heavy atom. The van der Waals surface area contributed by atoms with Gasteiger partial charge in [0.25, 0.3) is 5.95 Å². The van der Waals surface area contributed by atoms with E-state index < -0.39 is 0 Å². The summed E-state index contributed by atoms with van der Waals surface area (Å²) in [6, 6.07) is 7.34. The van der Waals surface area contributed by atoms with Gasteiger partial charge in [0.2, 0.25) is 0 Å². The van der Waals surface area contributed by atoms with E-state index in [-0.39, 0.29) is 6.03 Å². The maximum absolute atomic E-state index is 12.2. The molecule has 9 heteroatoms. The number of thioether (sulfide) groups is 1. The molecule has 1 saturated heterocycles. The van der Waals surface area contributed by atoms with E-state index in [9.17, 15) is 4.79 Å². The summed E-state index contributed by atoms with van der Waals surface area (Å²) in [5.41, 5.74) is 2.33. The third-order valence-corrected chi connectivity index (χ3v) is 5.44. The van der Waals surface area contributed by atoms with Crippen LogP contribution in [-0.4, -0.2) is 45.1 Å². The highest BCUT2D eigenvalue weighted by atomic mass is 32.2. The van der Waals surface area contributed by atoms with Crippen LogP contribution in [0, 0.1) is 0 Å². The van der Waals surface area contributed by atoms with Gasteiger partial charge in [-0.1, -0.05) is 6.07 Å². The highest BCUT2D eigenvalue weighted by Gasteiger charge is 2.13. The van der Waals surface area contributed by atoms with Gasteiger partial charge in [0, 0.05) is 23.7 Å². The molecule has 150 valence electrons. The fourth-order valence-electron chi connectivity index (χ4n) is 3.24. The van der Waals surface area contributed by atoms with Crippen molar-refractivity contribution in [2.45, 2.75) is 24.2 Å². The monoisotopic (exact) mass is 409 g/mol. The lowest BCUT2D eigenvalue weighted by atomic mass is 10.1. The molecule has 0 bridgehead atoms. The molecule has 3 aromatic rings. The predicted molar refractivity (Wildman–Crippen MR) is 116 cm³/mol. The first-order chi connectivity index (χ1) is 14.2. The molecule has 29 heavy (non-hydrogen) atoms. The molecular formula is C20H23N7OS. The van der Waals surface area contributed by atoms with E-state index in [1.54, 1.807) is 28.8 Å². The Morgan fingerprint density at radius 3 is 2.55 bits per heavy atom. The summed E-state index contributed by atoms with van der Waals surface area (Å²) in [7, 11) is 0. The number of piperidine rings is 1. The Morgan fingerprint density at radius 2 is 1.79 bits per heavy atom. The minimum Gasteiger partial charge on any atom is -0.369 e. The Hall–Kier alpha value is -3.07. The van der Waals surface area contributed by atoms with Crippen LogP contribution < -0.4 is 15.5 Å². The summed E-state index contributed by atoms with van der Waals surface area (Å²) in [6.07, 6.45) is 12.6. The van der Waals surface area contributed by atoms with E-state index in [0.717, 1.165) is 29.4 Å². The average Bonchev–Trinajstić information content (AvgIpc) is 3.23. The molecule has 0 atom stereocenters. The summed E-state index contributed by atoms with van der Waals surface area (Å²) in [5, 5.41) is 9.85. The normalized spacial score (nSPS) is 13.9. The summed E-state index contributed by atoms with van der Waals surface area (Å²) >= 11 is 1.62. The van der Waals surface area contributed by atoms with Crippen molar-refractivity contribution in [1.82, 2.24) is 19.7 Å². The fourth-order valence-corrected chi connectivity index (χ4v) is 3.70. The van der Waals surface area contributed by atoms with Crippen LogP contribution in [0.5, 0.6) is 0 Å². The highest BCUT2D eigenvalue weighted by molar-refractivity contribution is 7.98. The predicted octanol–water partition coefficient (Wildman–Crippen LogP) is 4.02. The van der Waals surface area contributed by atoms with Crippen LogP contribution in [0.4, 0.5) is 21.9 Å². The maximum atomic E-state index is 12.2. The third kappa shape index (κ3) is 4.86. The molecule has 1 fully saturated rings. The summed E-state index contributed by atoms with van der Waals surface area (Å²) in [4.78, 5) is 24.5. The van der Waals surface area contributed by atoms with Gasteiger partial charge in [-0.15, -0.1) is 11.8 Å². The van der Waals surface area contributed by atoms with Crippen molar-refractivity contribution < 1.29 is 4.79 Å². The van der Waals surface area contributed by atoms with E-state index in [2.05, 4.69) is 30.6 Å². The molecule has 1 aliphatic rings. The number of urea groups is 1. The molecule has 3 heterocycles. The molecule has 0 radical (unpaired) electrons. The van der Waals surface area contributed by atoms with Crippen molar-refractivity contribution >= 4 is 34.9 Å². The number of nitrogens with zero attached hydrogens (tertiary/aromatic N) is 5. The summed E-state index contributed by atoms with van der Waals surface area (Å²) in [6.45, 7) is 2.10. The van der Waals surface area contributed by atoms with E-state index in [0.29, 0.717) is 11.6 Å². The van der Waals surface area contributed by atoms with Gasteiger partial charge < -0.3 is 15.5 Å². The number of benzene rings is 1. The van der Waals surface area contributed by atoms with E-state index >= 15 is 0 Å². The molecule has 2 N–H and O–H groups in total. The van der Waals surface area contributed by atoms with E-state index in [4.69, 9.17) is 0 Å². The van der Waals surface area contributed by atoms with Crippen molar-refractivity contribution in [3.8, 4) is 5.95 Å². The van der Waals surface area contributed by atoms with Gasteiger partial charge in [-0.3, -0.25) is 0 Å². The fraction of sp³-hybridized carbons (Fsp3) is 0.300. The summed E-state index contributed by atoms with van der Waals surface area (Å²) < 4.78 is 1.55. The van der Waals surface area contributed by atoms with Crippen molar-refractivity contribution in [1.29, 1.82) is 0 Å². The average molecular weight is 410 g/mol. The van der Waals surface area contributed by atoms with Crippen molar-refractivity contribution in [3.63, 3.8) is 0 Å². The van der Waals surface area contributed by atoms with Crippen LogP contribution in [0.25, 0.3) is 5.95 Å². The van der Waals surface area contributed by atoms with Gasteiger partial charge in [-0.2, -0.15) is 5.10 Å². The molecule has 0 spiro atoms. The second-order valence-corrected chi connectivity index (χ2v) is 7.65. The number of amides is 2. The Kier molecular flexibility index (Phi) is 5.95. The molecule has 0 aliphatic carbocycles. The zero-order valence-corrected chi connectivity index (χ0v) is 17.0. The lowest BCUT2D eigenvalue weighted by Gasteiger charge is -2.28. The van der Waals surface area contributed by atoms with Crippen molar-refractivity contribution in [2.24, 2.45) is 0 Å². The number of hydrogen-bond donors (Lipinski definition) is 2. The van der Waals surface area contributed by atoms with Gasteiger partial charge >= 0.3 is 6.03 Å². The Balaban J connectivity index is 1.38. The first kappa shape index (κ1) is 19.3. The van der Waals surface area contributed by atoms with Gasteiger partial charge in [-0.05, 0) is 43.7 Å². The maximum Gasteiger partial charge on any atom is 0.323 e. The van der Waals surface area contributed by atoms with Crippen LogP contribution in [0.2, 0.25) is 0 Å². The second-order valence-electron chi connectivity index (χ2n) is 6.77. The first-order valence-electron chi connectivity index (χ1n) is 9.55. The largest absolute Gasteiger partial charge is 0.369 e. The molecule has 0 saturated carbocycles. The number of aromatic nitrogens is 4. The molecule has 1 aromatic carbocycles. The topological polar surface area (TPSA) is 88.0 Å². The Bertz CT molecular complexity index is 967. The zero-order valence-electron chi connectivity index (χ0n) is 16.2. The quantitative estimate of drug-likeness (QED) is 0.619. The number of hydrogen-bond acceptors (Lipinski definition) is 6. The van der Waals surface area contributed by atoms with E-state index in [1.165, 1.54) is 19.3 Å². The zero-order chi connectivity index (χ0) is 20.1. The minimum absolute atomic E-state index is 0.329.